The minimum Gasteiger partial charge on any atom is -0.380 e. The molecule has 0 radical (unpaired) electrons. The third kappa shape index (κ3) is 3.97. The summed E-state index contributed by atoms with van der Waals surface area (Å²) in [5.41, 5.74) is 4.82. The van der Waals surface area contributed by atoms with Crippen molar-refractivity contribution < 1.29 is 4.79 Å². The van der Waals surface area contributed by atoms with Crippen molar-refractivity contribution >= 4 is 17.3 Å². The summed E-state index contributed by atoms with van der Waals surface area (Å²) in [7, 11) is 0. The number of hydrogen-bond donors (Lipinski definition) is 2. The van der Waals surface area contributed by atoms with E-state index in [1.54, 1.807) is 0 Å². The molecule has 2 aromatic rings. The zero-order valence-electron chi connectivity index (χ0n) is 14.6. The largest absolute Gasteiger partial charge is 0.380 e. The van der Waals surface area contributed by atoms with Crippen LogP contribution in [0, 0.1) is 31.1 Å². The second kappa shape index (κ2) is 7.35. The van der Waals surface area contributed by atoms with Crippen molar-refractivity contribution in [1.82, 2.24) is 4.98 Å². The third-order valence-corrected chi connectivity index (χ3v) is 4.59. The van der Waals surface area contributed by atoms with Crippen molar-refractivity contribution in [2.75, 3.05) is 10.6 Å². The molecule has 0 atom stereocenters. The summed E-state index contributed by atoms with van der Waals surface area (Å²) in [4.78, 5) is 16.4. The number of aryl methyl sites for hydroxylation is 2. The standard InChI is InChI=1S/C20H22N4O/c1-13-9-19(18(11-21)14(2)23-13)22-12-15-5-3-8-17(10-15)24-20(25)16-6-4-7-16/h3,5,8-10,16H,4,6-7,12H2,1-2H3,(H,22,23)(H,24,25). The van der Waals surface area contributed by atoms with E-state index < -0.39 is 0 Å². The van der Waals surface area contributed by atoms with Gasteiger partial charge in [-0.1, -0.05) is 18.6 Å². The lowest BCUT2D eigenvalue weighted by atomic mass is 9.85. The molecule has 1 aromatic heterocycles. The Hall–Kier alpha value is -2.87. The Labute approximate surface area is 148 Å². The summed E-state index contributed by atoms with van der Waals surface area (Å²) in [6.45, 7) is 4.33. The van der Waals surface area contributed by atoms with Gasteiger partial charge in [0.2, 0.25) is 5.91 Å². The summed E-state index contributed by atoms with van der Waals surface area (Å²) in [6, 6.07) is 11.9. The minimum atomic E-state index is 0.114. The highest BCUT2D eigenvalue weighted by atomic mass is 16.1. The molecule has 0 bridgehead atoms. The first-order valence-corrected chi connectivity index (χ1v) is 8.59. The number of pyridine rings is 1. The molecule has 1 amide bonds. The van der Waals surface area contributed by atoms with Gasteiger partial charge in [-0.2, -0.15) is 5.26 Å². The fourth-order valence-corrected chi connectivity index (χ4v) is 2.98. The van der Waals surface area contributed by atoms with Crippen LogP contribution in [0.25, 0.3) is 0 Å². The van der Waals surface area contributed by atoms with E-state index in [4.69, 9.17) is 0 Å². The topological polar surface area (TPSA) is 77.8 Å². The monoisotopic (exact) mass is 334 g/mol. The molecule has 3 rings (SSSR count). The van der Waals surface area contributed by atoms with Crippen LogP contribution in [-0.2, 0) is 11.3 Å². The number of benzene rings is 1. The number of nitrogens with zero attached hydrogens (tertiary/aromatic N) is 2. The number of carbonyl (C=O) groups is 1. The summed E-state index contributed by atoms with van der Waals surface area (Å²) < 4.78 is 0. The number of hydrogen-bond acceptors (Lipinski definition) is 4. The Bertz CT molecular complexity index is 834. The number of carbonyl (C=O) groups excluding carboxylic acids is 1. The van der Waals surface area contributed by atoms with Gasteiger partial charge in [0.1, 0.15) is 6.07 Å². The Morgan fingerprint density at radius 1 is 1.32 bits per heavy atom. The molecule has 1 aliphatic carbocycles. The molecule has 1 fully saturated rings. The van der Waals surface area contributed by atoms with Crippen LogP contribution >= 0.6 is 0 Å². The molecule has 0 spiro atoms. The smallest absolute Gasteiger partial charge is 0.227 e. The molecule has 1 saturated carbocycles. The molecule has 1 aromatic carbocycles. The van der Waals surface area contributed by atoms with E-state index in [0.717, 1.165) is 47.6 Å². The lowest BCUT2D eigenvalue weighted by molar-refractivity contribution is -0.122. The van der Waals surface area contributed by atoms with Crippen LogP contribution in [0.3, 0.4) is 0 Å². The lowest BCUT2D eigenvalue weighted by Gasteiger charge is -2.24. The van der Waals surface area contributed by atoms with E-state index in [1.165, 1.54) is 0 Å². The highest BCUT2D eigenvalue weighted by molar-refractivity contribution is 5.93. The van der Waals surface area contributed by atoms with Crippen LogP contribution in [0.15, 0.2) is 30.3 Å². The maximum Gasteiger partial charge on any atom is 0.227 e. The van der Waals surface area contributed by atoms with Crippen LogP contribution < -0.4 is 10.6 Å². The van der Waals surface area contributed by atoms with E-state index in [0.29, 0.717) is 12.1 Å². The second-order valence-corrected chi connectivity index (χ2v) is 6.55. The van der Waals surface area contributed by atoms with Crippen molar-refractivity contribution in [3.8, 4) is 6.07 Å². The van der Waals surface area contributed by atoms with Gasteiger partial charge in [-0.05, 0) is 50.5 Å². The van der Waals surface area contributed by atoms with Gasteiger partial charge < -0.3 is 10.6 Å². The average Bonchev–Trinajstić information content (AvgIpc) is 2.51. The minimum absolute atomic E-state index is 0.114. The Balaban J connectivity index is 1.69. The average molecular weight is 334 g/mol. The molecular weight excluding hydrogens is 312 g/mol. The van der Waals surface area contributed by atoms with E-state index in [9.17, 15) is 10.1 Å². The first-order chi connectivity index (χ1) is 12.1. The van der Waals surface area contributed by atoms with E-state index >= 15 is 0 Å². The molecule has 5 heteroatoms. The molecule has 25 heavy (non-hydrogen) atoms. The van der Waals surface area contributed by atoms with Crippen LogP contribution in [0.1, 0.15) is 41.8 Å². The third-order valence-electron chi connectivity index (χ3n) is 4.59. The molecular formula is C20H22N4O. The van der Waals surface area contributed by atoms with E-state index in [-0.39, 0.29) is 11.8 Å². The van der Waals surface area contributed by atoms with E-state index in [2.05, 4.69) is 21.7 Å². The molecule has 1 aliphatic rings. The van der Waals surface area contributed by atoms with Gasteiger partial charge in [-0.3, -0.25) is 9.78 Å². The van der Waals surface area contributed by atoms with E-state index in [1.807, 2.05) is 44.2 Å². The van der Waals surface area contributed by atoms with Gasteiger partial charge in [0.25, 0.3) is 0 Å². The number of rotatable bonds is 5. The molecule has 128 valence electrons. The van der Waals surface area contributed by atoms with Gasteiger partial charge in [0.05, 0.1) is 16.9 Å². The predicted molar refractivity (Wildman–Crippen MR) is 98.2 cm³/mol. The first kappa shape index (κ1) is 17.0. The van der Waals surface area contributed by atoms with Crippen molar-refractivity contribution in [3.63, 3.8) is 0 Å². The van der Waals surface area contributed by atoms with Crippen LogP contribution in [-0.4, -0.2) is 10.9 Å². The maximum atomic E-state index is 12.1. The highest BCUT2D eigenvalue weighted by Gasteiger charge is 2.25. The second-order valence-electron chi connectivity index (χ2n) is 6.55. The van der Waals surface area contributed by atoms with Crippen LogP contribution in [0.2, 0.25) is 0 Å². The molecule has 5 nitrogen and oxygen atoms in total. The van der Waals surface area contributed by atoms with Crippen molar-refractivity contribution in [3.05, 3.63) is 52.8 Å². The van der Waals surface area contributed by atoms with Gasteiger partial charge in [-0.15, -0.1) is 0 Å². The van der Waals surface area contributed by atoms with Gasteiger partial charge in [-0.25, -0.2) is 0 Å². The zero-order valence-corrected chi connectivity index (χ0v) is 14.6. The summed E-state index contributed by atoms with van der Waals surface area (Å²) in [5.74, 6) is 0.284. The maximum absolute atomic E-state index is 12.1. The molecule has 0 saturated heterocycles. The Kier molecular flexibility index (Phi) is 4.99. The normalized spacial score (nSPS) is 13.6. The quantitative estimate of drug-likeness (QED) is 0.869. The molecule has 2 N–H and O–H groups in total. The first-order valence-electron chi connectivity index (χ1n) is 8.59. The Morgan fingerprint density at radius 3 is 2.80 bits per heavy atom. The fourth-order valence-electron chi connectivity index (χ4n) is 2.98. The van der Waals surface area contributed by atoms with Gasteiger partial charge in [0.15, 0.2) is 0 Å². The number of aromatic nitrogens is 1. The fraction of sp³-hybridized carbons (Fsp3) is 0.350. The lowest BCUT2D eigenvalue weighted by Crippen LogP contribution is -2.28. The van der Waals surface area contributed by atoms with Crippen LogP contribution in [0.5, 0.6) is 0 Å². The highest BCUT2D eigenvalue weighted by Crippen LogP contribution is 2.27. The zero-order chi connectivity index (χ0) is 17.8. The molecule has 1 heterocycles. The number of nitrogens with one attached hydrogen (secondary N) is 2. The van der Waals surface area contributed by atoms with Crippen molar-refractivity contribution in [2.45, 2.75) is 39.7 Å². The number of anilines is 2. The number of amides is 1. The molecule has 0 unspecified atom stereocenters. The summed E-state index contributed by atoms with van der Waals surface area (Å²) >= 11 is 0. The predicted octanol–water partition coefficient (Wildman–Crippen LogP) is 3.92. The van der Waals surface area contributed by atoms with Crippen molar-refractivity contribution in [2.24, 2.45) is 5.92 Å². The summed E-state index contributed by atoms with van der Waals surface area (Å²) in [5, 5.41) is 15.6. The van der Waals surface area contributed by atoms with Crippen molar-refractivity contribution in [1.29, 1.82) is 5.26 Å². The van der Waals surface area contributed by atoms with Gasteiger partial charge in [0, 0.05) is 23.8 Å². The van der Waals surface area contributed by atoms with Crippen LogP contribution in [0.4, 0.5) is 11.4 Å². The number of nitriles is 1. The SMILES string of the molecule is Cc1cc(NCc2cccc(NC(=O)C3CCC3)c2)c(C#N)c(C)n1. The summed E-state index contributed by atoms with van der Waals surface area (Å²) in [6.07, 6.45) is 3.13. The Morgan fingerprint density at radius 2 is 2.12 bits per heavy atom. The van der Waals surface area contributed by atoms with Gasteiger partial charge >= 0.3 is 0 Å². The molecule has 0 aliphatic heterocycles.